The molecule has 6 atom stereocenters. The van der Waals surface area contributed by atoms with Crippen LogP contribution in [0.4, 0.5) is 32.9 Å². The number of nitrogens with one attached hydrogen (secondary N) is 1. The van der Waals surface area contributed by atoms with Crippen LogP contribution in [0.2, 0.25) is 5.02 Å². The van der Waals surface area contributed by atoms with Crippen molar-refractivity contribution >= 4 is 60.9 Å². The quantitative estimate of drug-likeness (QED) is 0.245. The highest BCUT2D eigenvalue weighted by atomic mass is 35.5. The highest BCUT2D eigenvalue weighted by molar-refractivity contribution is 7.22. The van der Waals surface area contributed by atoms with E-state index in [-0.39, 0.29) is 80.6 Å². The Morgan fingerprint density at radius 3 is 2.60 bits per heavy atom. The predicted octanol–water partition coefficient (Wildman–Crippen LogP) is 5.55. The summed E-state index contributed by atoms with van der Waals surface area (Å²) in [4.78, 5) is 33.2. The molecule has 4 aromatic rings. The highest BCUT2D eigenvalue weighted by Gasteiger charge is 2.80. The Morgan fingerprint density at radius 2 is 1.88 bits per heavy atom. The number of ether oxygens (including phenoxy) is 1. The van der Waals surface area contributed by atoms with Crippen molar-refractivity contribution < 1.29 is 31.5 Å². The second-order valence-corrected chi connectivity index (χ2v) is 16.8. The van der Waals surface area contributed by atoms with Crippen molar-refractivity contribution in [1.29, 1.82) is 0 Å². The third kappa shape index (κ3) is 4.65. The van der Waals surface area contributed by atoms with E-state index in [1.54, 1.807) is 11.0 Å². The summed E-state index contributed by atoms with van der Waals surface area (Å²) in [6.07, 6.45) is 2.07. The molecular formula is C35H34ClF5N8O2S. The van der Waals surface area contributed by atoms with Crippen LogP contribution in [0.15, 0.2) is 18.2 Å². The molecule has 7 heterocycles. The van der Waals surface area contributed by atoms with E-state index in [1.807, 2.05) is 4.90 Å². The molecule has 52 heavy (non-hydrogen) atoms. The topological polar surface area (TPSA) is 113 Å². The van der Waals surface area contributed by atoms with Gasteiger partial charge < -0.3 is 25.6 Å². The molecule has 5 saturated heterocycles. The summed E-state index contributed by atoms with van der Waals surface area (Å²) in [5, 5.41) is 3.40. The maximum absolute atomic E-state index is 17.0. The molecule has 10 nitrogen and oxygen atoms in total. The molecule has 5 aliphatic heterocycles. The summed E-state index contributed by atoms with van der Waals surface area (Å²) in [7, 11) is 0. The van der Waals surface area contributed by atoms with Crippen molar-refractivity contribution in [2.45, 2.75) is 74.3 Å². The van der Waals surface area contributed by atoms with E-state index >= 15 is 4.39 Å². The number of rotatable bonds is 6. The lowest BCUT2D eigenvalue weighted by atomic mass is 9.85. The lowest BCUT2D eigenvalue weighted by Gasteiger charge is -2.46. The number of nitrogens with two attached hydrogens (primary N) is 1. The molecule has 1 amide bonds. The third-order valence-electron chi connectivity index (χ3n) is 12.5. The van der Waals surface area contributed by atoms with E-state index < -0.39 is 40.7 Å². The number of nitrogen functional groups attached to an aromatic ring is 1. The zero-order chi connectivity index (χ0) is 35.9. The number of benzene rings is 2. The minimum absolute atomic E-state index is 0.0203. The Bertz CT molecular complexity index is 2180. The van der Waals surface area contributed by atoms with E-state index in [0.717, 1.165) is 30.7 Å². The van der Waals surface area contributed by atoms with Gasteiger partial charge >= 0.3 is 6.01 Å². The van der Waals surface area contributed by atoms with Crippen LogP contribution < -0.4 is 20.7 Å². The van der Waals surface area contributed by atoms with Crippen LogP contribution in [0.3, 0.4) is 0 Å². The van der Waals surface area contributed by atoms with Gasteiger partial charge in [-0.15, -0.1) is 0 Å². The van der Waals surface area contributed by atoms with Crippen LogP contribution in [0, 0.1) is 17.0 Å². The monoisotopic (exact) mass is 760 g/mol. The zero-order valence-corrected chi connectivity index (χ0v) is 29.4. The van der Waals surface area contributed by atoms with Gasteiger partial charge in [-0.3, -0.25) is 9.69 Å². The van der Waals surface area contributed by atoms with Crippen molar-refractivity contribution in [2.75, 3.05) is 50.0 Å². The Balaban J connectivity index is 1.04. The van der Waals surface area contributed by atoms with Crippen LogP contribution >= 0.6 is 22.9 Å². The number of fused-ring (bicyclic) bond motifs is 5. The smallest absolute Gasteiger partial charge is 0.319 e. The largest absolute Gasteiger partial charge is 0.461 e. The molecule has 10 rings (SSSR count). The van der Waals surface area contributed by atoms with Gasteiger partial charge in [-0.05, 0) is 50.4 Å². The molecule has 17 heteroatoms. The van der Waals surface area contributed by atoms with E-state index in [0.29, 0.717) is 50.1 Å². The fourth-order valence-electron chi connectivity index (χ4n) is 9.77. The standard InChI is InChI=1S/C35H34ClF5N8O2S/c36-21-8-20-25(24(39)23(21)19-4-5-22(38)27-26(19)44-31(42)52-27)45-32(51-15-33-6-1-7-48(33)10-16(37)9-33)46-29(20)47-11-17-2-3-18(12-47)49(17)30(50)28-34(14-43-28)13-35(34,40)41/h4-5,8,16-18,28,43H,1-3,6-7,9-15H2,(H2,42,44)/t16-,17?,18?,28?,33+,34?/m1/s1. The molecule has 274 valence electrons. The van der Waals surface area contributed by atoms with Crippen molar-refractivity contribution in [1.82, 2.24) is 30.1 Å². The molecule has 2 aromatic carbocycles. The van der Waals surface area contributed by atoms with E-state index in [9.17, 15) is 22.4 Å². The summed E-state index contributed by atoms with van der Waals surface area (Å²) in [5.74, 6) is -4.13. The summed E-state index contributed by atoms with van der Waals surface area (Å²) >= 11 is 7.80. The molecule has 1 saturated carbocycles. The molecule has 0 radical (unpaired) electrons. The van der Waals surface area contributed by atoms with Crippen molar-refractivity contribution in [3.05, 3.63) is 34.9 Å². The van der Waals surface area contributed by atoms with Crippen LogP contribution in [-0.2, 0) is 4.79 Å². The fourth-order valence-corrected chi connectivity index (χ4v) is 10.8. The second kappa shape index (κ2) is 11.2. The molecule has 2 aromatic heterocycles. The van der Waals surface area contributed by atoms with Crippen LogP contribution in [-0.4, -0.2) is 106 Å². The highest BCUT2D eigenvalue weighted by Crippen LogP contribution is 2.66. The Hall–Kier alpha value is -3.60. The van der Waals surface area contributed by atoms with Crippen molar-refractivity contribution in [2.24, 2.45) is 5.41 Å². The van der Waals surface area contributed by atoms with Crippen LogP contribution in [0.5, 0.6) is 6.01 Å². The number of halogens is 6. The number of anilines is 2. The van der Waals surface area contributed by atoms with Crippen LogP contribution in [0.25, 0.3) is 32.2 Å². The zero-order valence-electron chi connectivity index (χ0n) is 27.8. The third-order valence-corrected chi connectivity index (χ3v) is 13.6. The minimum atomic E-state index is -2.84. The normalized spacial score (nSPS) is 31.9. The molecule has 1 aliphatic carbocycles. The number of carbonyl (C=O) groups is 1. The maximum Gasteiger partial charge on any atom is 0.319 e. The van der Waals surface area contributed by atoms with Gasteiger partial charge in [0, 0.05) is 67.6 Å². The molecule has 1 spiro atoms. The molecule has 2 bridgehead atoms. The predicted molar refractivity (Wildman–Crippen MR) is 186 cm³/mol. The number of hydrogen-bond donors (Lipinski definition) is 2. The van der Waals surface area contributed by atoms with Gasteiger partial charge in [0.1, 0.15) is 29.9 Å². The van der Waals surface area contributed by atoms with E-state index in [1.165, 1.54) is 12.1 Å². The first kappa shape index (κ1) is 33.0. The van der Waals surface area contributed by atoms with Gasteiger partial charge in [-0.2, -0.15) is 9.97 Å². The van der Waals surface area contributed by atoms with Gasteiger partial charge in [-0.1, -0.05) is 22.9 Å². The summed E-state index contributed by atoms with van der Waals surface area (Å²) in [5.41, 5.74) is 4.40. The first-order chi connectivity index (χ1) is 24.9. The van der Waals surface area contributed by atoms with Gasteiger partial charge in [0.05, 0.1) is 32.2 Å². The number of piperazine rings is 1. The van der Waals surface area contributed by atoms with E-state index in [2.05, 4.69) is 20.2 Å². The first-order valence-electron chi connectivity index (χ1n) is 17.6. The summed E-state index contributed by atoms with van der Waals surface area (Å²) in [6.45, 7) is 1.98. The average Bonchev–Trinajstić information content (AvgIpc) is 3.49. The number of nitrogens with zero attached hydrogens (tertiary/aromatic N) is 6. The van der Waals surface area contributed by atoms with Crippen molar-refractivity contribution in [3.8, 4) is 17.1 Å². The number of aromatic nitrogens is 3. The van der Waals surface area contributed by atoms with Gasteiger partial charge in [0.25, 0.3) is 5.92 Å². The van der Waals surface area contributed by atoms with Crippen molar-refractivity contribution in [3.63, 3.8) is 0 Å². The summed E-state index contributed by atoms with van der Waals surface area (Å²) in [6, 6.07) is 2.62. The lowest BCUT2D eigenvalue weighted by Crippen LogP contribution is -2.68. The fraction of sp³-hybridized carbons (Fsp3) is 0.543. The molecule has 3 N–H and O–H groups in total. The number of carbonyl (C=O) groups excluding carboxylic acids is 1. The molecular weight excluding hydrogens is 727 g/mol. The second-order valence-electron chi connectivity index (χ2n) is 15.3. The van der Waals surface area contributed by atoms with Crippen LogP contribution in [0.1, 0.15) is 38.5 Å². The molecule has 6 fully saturated rings. The number of hydrogen-bond acceptors (Lipinski definition) is 10. The number of thiazole rings is 1. The Morgan fingerprint density at radius 1 is 1.12 bits per heavy atom. The summed E-state index contributed by atoms with van der Waals surface area (Å²) < 4.78 is 81.4. The molecule has 4 unspecified atom stereocenters. The van der Waals surface area contributed by atoms with Gasteiger partial charge in [0.2, 0.25) is 5.91 Å². The number of amides is 1. The lowest BCUT2D eigenvalue weighted by molar-refractivity contribution is -0.144. The Kier molecular flexibility index (Phi) is 7.12. The number of alkyl halides is 3. The van der Waals surface area contributed by atoms with Gasteiger partial charge in [-0.25, -0.2) is 26.9 Å². The van der Waals surface area contributed by atoms with E-state index in [4.69, 9.17) is 27.1 Å². The average molecular weight is 761 g/mol. The Labute approximate surface area is 303 Å². The molecule has 6 aliphatic rings. The first-order valence-corrected chi connectivity index (χ1v) is 18.8. The maximum atomic E-state index is 17.0. The minimum Gasteiger partial charge on any atom is -0.461 e. The van der Waals surface area contributed by atoms with Gasteiger partial charge in [0.15, 0.2) is 10.9 Å². The SMILES string of the molecule is Nc1nc2c(-c3c(Cl)cc4c(N5CC6CCC(C5)N6C(=O)C5NCC56CC6(F)F)nc(OC[C@@]56CCCN5C[C@H](F)C6)nc4c3F)ccc(F)c2s1.